The summed E-state index contributed by atoms with van der Waals surface area (Å²) >= 11 is 0. The van der Waals surface area contributed by atoms with Gasteiger partial charge in [0.1, 0.15) is 18.3 Å². The molecular weight excluding hydrogens is 448 g/mol. The molecule has 1 aromatic carbocycles. The first-order valence-electron chi connectivity index (χ1n) is 11.7. The van der Waals surface area contributed by atoms with Crippen molar-refractivity contribution in [3.8, 4) is 0 Å². The molecule has 1 amide bonds. The summed E-state index contributed by atoms with van der Waals surface area (Å²) in [6.07, 6.45) is 3.71. The highest BCUT2D eigenvalue weighted by Crippen LogP contribution is 2.44. The van der Waals surface area contributed by atoms with Crippen LogP contribution in [0.15, 0.2) is 48.9 Å². The van der Waals surface area contributed by atoms with Crippen molar-refractivity contribution >= 4 is 25.7 Å². The van der Waals surface area contributed by atoms with Gasteiger partial charge in [0, 0.05) is 18.0 Å². The second-order valence-corrected chi connectivity index (χ2v) is 15.1. The lowest BCUT2D eigenvalue weighted by atomic mass is 10.0. The molecule has 2 aromatic heterocycles. The Labute approximate surface area is 201 Å². The Morgan fingerprint density at radius 2 is 1.94 bits per heavy atom. The second kappa shape index (κ2) is 9.22. The maximum Gasteiger partial charge on any atom is 0.256 e. The highest BCUT2D eigenvalue weighted by Gasteiger charge is 2.50. The van der Waals surface area contributed by atoms with Crippen LogP contribution in [0.5, 0.6) is 0 Å². The SMILES string of the molecule is CC[C@H]1O[C@@H](c2cnc3c(NC(=O)c4ccccc4)nccn23)C(O[Si](C)(C)C(C)(C)C)[C@H]1O. The Hall–Kier alpha value is -2.59. The molecule has 1 saturated heterocycles. The quantitative estimate of drug-likeness (QED) is 0.499. The third-order valence-electron chi connectivity index (χ3n) is 6.99. The topological polar surface area (TPSA) is 98.0 Å². The van der Waals surface area contributed by atoms with E-state index in [-0.39, 0.29) is 17.0 Å². The zero-order valence-corrected chi connectivity index (χ0v) is 21.6. The van der Waals surface area contributed by atoms with E-state index in [4.69, 9.17) is 9.16 Å². The largest absolute Gasteiger partial charge is 0.408 e. The lowest BCUT2D eigenvalue weighted by Gasteiger charge is -2.40. The monoisotopic (exact) mass is 482 g/mol. The number of nitrogens with one attached hydrogen (secondary N) is 1. The maximum atomic E-state index is 12.7. The number of rotatable bonds is 6. The molecule has 9 heteroatoms. The van der Waals surface area contributed by atoms with Crippen molar-refractivity contribution in [1.82, 2.24) is 14.4 Å². The molecule has 4 atom stereocenters. The van der Waals surface area contributed by atoms with Gasteiger partial charge in [0.25, 0.3) is 5.91 Å². The zero-order chi connectivity index (χ0) is 24.7. The van der Waals surface area contributed by atoms with E-state index < -0.39 is 26.6 Å². The molecule has 34 heavy (non-hydrogen) atoms. The first kappa shape index (κ1) is 24.5. The maximum absolute atomic E-state index is 12.7. The normalized spacial score (nSPS) is 23.4. The number of hydrogen-bond donors (Lipinski definition) is 2. The number of hydrogen-bond acceptors (Lipinski definition) is 6. The Balaban J connectivity index is 1.68. The number of carbonyl (C=O) groups excluding carboxylic acids is 1. The highest BCUT2D eigenvalue weighted by atomic mass is 28.4. The molecule has 3 heterocycles. The minimum atomic E-state index is -2.19. The van der Waals surface area contributed by atoms with E-state index in [0.29, 0.717) is 23.4 Å². The number of aliphatic hydroxyl groups excluding tert-OH is 1. The molecule has 1 fully saturated rings. The number of imidazole rings is 1. The van der Waals surface area contributed by atoms with E-state index in [1.807, 2.05) is 29.5 Å². The summed E-state index contributed by atoms with van der Waals surface area (Å²) in [7, 11) is -2.19. The lowest BCUT2D eigenvalue weighted by molar-refractivity contribution is 0.00407. The number of ether oxygens (including phenoxy) is 1. The van der Waals surface area contributed by atoms with Gasteiger partial charge in [0.15, 0.2) is 19.8 Å². The zero-order valence-electron chi connectivity index (χ0n) is 20.6. The van der Waals surface area contributed by atoms with Gasteiger partial charge in [-0.3, -0.25) is 9.20 Å². The fourth-order valence-corrected chi connectivity index (χ4v) is 5.26. The van der Waals surface area contributed by atoms with Crippen LogP contribution in [0.25, 0.3) is 5.65 Å². The third-order valence-corrected chi connectivity index (χ3v) is 11.5. The number of aromatic nitrogens is 3. The van der Waals surface area contributed by atoms with Crippen molar-refractivity contribution in [1.29, 1.82) is 0 Å². The summed E-state index contributed by atoms with van der Waals surface area (Å²) in [6, 6.07) is 8.97. The minimum Gasteiger partial charge on any atom is -0.408 e. The van der Waals surface area contributed by atoms with Gasteiger partial charge in [-0.15, -0.1) is 0 Å². The van der Waals surface area contributed by atoms with Crippen LogP contribution < -0.4 is 5.32 Å². The predicted molar refractivity (Wildman–Crippen MR) is 133 cm³/mol. The first-order valence-corrected chi connectivity index (χ1v) is 14.6. The molecule has 2 N–H and O–H groups in total. The standard InChI is InChI=1S/C25H34N4O4Si/c1-7-18-19(30)21(33-34(5,6)25(2,3)4)20(32-18)17-15-27-23-22(26-13-14-29(17)23)28-24(31)16-11-9-8-10-12-16/h8-15,18-21,30H,7H2,1-6H3,(H,26,28,31)/t18-,19+,20+,21?/m1/s1. The fourth-order valence-electron chi connectivity index (χ4n) is 3.97. The molecule has 0 aliphatic carbocycles. The van der Waals surface area contributed by atoms with Gasteiger partial charge >= 0.3 is 0 Å². The van der Waals surface area contributed by atoms with E-state index in [9.17, 15) is 9.90 Å². The molecule has 0 bridgehead atoms. The number of amides is 1. The molecule has 1 unspecified atom stereocenters. The average Bonchev–Trinajstić information content (AvgIpc) is 3.35. The molecule has 0 saturated carbocycles. The summed E-state index contributed by atoms with van der Waals surface area (Å²) < 4.78 is 14.9. The third kappa shape index (κ3) is 4.53. The van der Waals surface area contributed by atoms with Gasteiger partial charge in [-0.05, 0) is 36.7 Å². The molecule has 3 aromatic rings. The lowest BCUT2D eigenvalue weighted by Crippen LogP contribution is -2.48. The molecule has 0 spiro atoms. The minimum absolute atomic E-state index is 0.0140. The molecule has 182 valence electrons. The summed E-state index contributed by atoms with van der Waals surface area (Å²) in [6.45, 7) is 12.9. The summed E-state index contributed by atoms with van der Waals surface area (Å²) in [5.41, 5.74) is 1.80. The van der Waals surface area contributed by atoms with Gasteiger partial charge in [0.2, 0.25) is 0 Å². The Morgan fingerprint density at radius 3 is 2.59 bits per heavy atom. The Kier molecular flexibility index (Phi) is 6.65. The van der Waals surface area contributed by atoms with Crippen LogP contribution in [0.2, 0.25) is 18.1 Å². The number of benzene rings is 1. The van der Waals surface area contributed by atoms with Crippen LogP contribution in [-0.2, 0) is 9.16 Å². The Bertz CT molecular complexity index is 1160. The van der Waals surface area contributed by atoms with Crippen LogP contribution in [0, 0.1) is 0 Å². The van der Waals surface area contributed by atoms with Gasteiger partial charge in [-0.2, -0.15) is 0 Å². The van der Waals surface area contributed by atoms with Crippen LogP contribution in [0.1, 0.15) is 56.3 Å². The average molecular weight is 483 g/mol. The summed E-state index contributed by atoms with van der Waals surface area (Å²) in [5.74, 6) is 0.0959. The van der Waals surface area contributed by atoms with Crippen LogP contribution in [0.4, 0.5) is 5.82 Å². The van der Waals surface area contributed by atoms with Gasteiger partial charge in [-0.25, -0.2) is 9.97 Å². The predicted octanol–water partition coefficient (Wildman–Crippen LogP) is 4.58. The fraction of sp³-hybridized carbons (Fsp3) is 0.480. The molecular formula is C25H34N4O4Si. The van der Waals surface area contributed by atoms with Gasteiger partial charge < -0.3 is 19.6 Å². The van der Waals surface area contributed by atoms with E-state index in [1.54, 1.807) is 30.7 Å². The number of carbonyl (C=O) groups is 1. The van der Waals surface area contributed by atoms with Crippen molar-refractivity contribution in [2.45, 2.75) is 76.7 Å². The summed E-state index contributed by atoms with van der Waals surface area (Å²) in [4.78, 5) is 21.6. The van der Waals surface area contributed by atoms with Crippen LogP contribution >= 0.6 is 0 Å². The molecule has 4 rings (SSSR count). The summed E-state index contributed by atoms with van der Waals surface area (Å²) in [5, 5.41) is 13.9. The molecule has 1 aliphatic heterocycles. The van der Waals surface area contributed by atoms with Crippen molar-refractivity contribution in [2.24, 2.45) is 0 Å². The van der Waals surface area contributed by atoms with Crippen molar-refractivity contribution in [3.63, 3.8) is 0 Å². The van der Waals surface area contributed by atoms with Gasteiger partial charge in [0.05, 0.1) is 18.0 Å². The molecule has 8 nitrogen and oxygen atoms in total. The number of fused-ring (bicyclic) bond motifs is 1. The van der Waals surface area contributed by atoms with E-state index in [0.717, 1.165) is 5.69 Å². The Morgan fingerprint density at radius 1 is 1.24 bits per heavy atom. The number of nitrogens with zero attached hydrogens (tertiary/aromatic N) is 3. The van der Waals surface area contributed by atoms with E-state index in [1.165, 1.54) is 0 Å². The number of aliphatic hydroxyl groups is 1. The van der Waals surface area contributed by atoms with E-state index in [2.05, 4.69) is 49.1 Å². The van der Waals surface area contributed by atoms with Crippen molar-refractivity contribution in [3.05, 3.63) is 60.2 Å². The first-order chi connectivity index (χ1) is 16.0. The van der Waals surface area contributed by atoms with E-state index >= 15 is 0 Å². The molecule has 1 aliphatic rings. The highest BCUT2D eigenvalue weighted by molar-refractivity contribution is 6.74. The second-order valence-electron chi connectivity index (χ2n) is 10.3. The van der Waals surface area contributed by atoms with Crippen molar-refractivity contribution in [2.75, 3.05) is 5.32 Å². The molecule has 0 radical (unpaired) electrons. The van der Waals surface area contributed by atoms with Gasteiger partial charge in [-0.1, -0.05) is 45.9 Å². The smallest absolute Gasteiger partial charge is 0.256 e. The van der Waals surface area contributed by atoms with Crippen LogP contribution in [-0.4, -0.2) is 52.0 Å². The number of anilines is 1. The van der Waals surface area contributed by atoms with Crippen LogP contribution in [0.3, 0.4) is 0 Å². The van der Waals surface area contributed by atoms with Crippen molar-refractivity contribution < 1.29 is 19.1 Å².